The Hall–Kier alpha value is -0.980. The molecular weight excluding hydrogens is 303 g/mol. The molecule has 1 rings (SSSR count). The predicted octanol–water partition coefficient (Wildman–Crippen LogP) is 1.82. The van der Waals surface area contributed by atoms with Gasteiger partial charge in [0.25, 0.3) is 0 Å². The number of ether oxygens (including phenoxy) is 1. The zero-order chi connectivity index (χ0) is 14.1. The third-order valence-corrected chi connectivity index (χ3v) is 3.08. The second-order valence-corrected chi connectivity index (χ2v) is 4.97. The van der Waals surface area contributed by atoms with E-state index in [2.05, 4.69) is 5.32 Å². The van der Waals surface area contributed by atoms with Gasteiger partial charge in [0.05, 0.1) is 12.6 Å². The molecule has 0 aliphatic heterocycles. The molecule has 0 aliphatic rings. The van der Waals surface area contributed by atoms with Crippen LogP contribution in [-0.2, 0) is 4.79 Å². The molecule has 7 heteroatoms. The lowest BCUT2D eigenvalue weighted by Gasteiger charge is -2.12. The van der Waals surface area contributed by atoms with Gasteiger partial charge in [0.2, 0.25) is 5.91 Å². The average molecular weight is 323 g/mol. The second kappa shape index (κ2) is 10.8. The van der Waals surface area contributed by atoms with E-state index in [0.29, 0.717) is 18.7 Å². The maximum atomic E-state index is 12.9. The summed E-state index contributed by atoms with van der Waals surface area (Å²) in [6.07, 6.45) is 2.62. The van der Waals surface area contributed by atoms with Crippen LogP contribution in [0.1, 0.15) is 6.42 Å². The van der Waals surface area contributed by atoms with Gasteiger partial charge >= 0.3 is 0 Å². The SMILES string of the molecule is CSCC[C@H](N)C(=O)NCCOc1cccc(F)c1.Cl. The number of halogens is 2. The first-order valence-corrected chi connectivity index (χ1v) is 7.43. The smallest absolute Gasteiger partial charge is 0.237 e. The van der Waals surface area contributed by atoms with Crippen molar-refractivity contribution < 1.29 is 13.9 Å². The number of rotatable bonds is 8. The standard InChI is InChI=1S/C13H19FN2O2S.ClH/c1-19-8-5-12(15)13(17)16-6-7-18-11-4-2-3-10(14)9-11;/h2-4,9,12H,5-8,15H2,1H3,(H,16,17);1H/t12-;/m0./s1. The van der Waals surface area contributed by atoms with E-state index in [9.17, 15) is 9.18 Å². The molecule has 1 aromatic carbocycles. The number of carbonyl (C=O) groups excluding carboxylic acids is 1. The topological polar surface area (TPSA) is 64.4 Å². The molecule has 0 unspecified atom stereocenters. The summed E-state index contributed by atoms with van der Waals surface area (Å²) in [4.78, 5) is 11.6. The van der Waals surface area contributed by atoms with E-state index in [1.807, 2.05) is 6.26 Å². The highest BCUT2D eigenvalue weighted by Gasteiger charge is 2.11. The van der Waals surface area contributed by atoms with E-state index in [1.54, 1.807) is 23.9 Å². The third-order valence-electron chi connectivity index (χ3n) is 2.44. The summed E-state index contributed by atoms with van der Waals surface area (Å²) >= 11 is 1.65. The van der Waals surface area contributed by atoms with E-state index in [-0.39, 0.29) is 30.7 Å². The molecular formula is C13H20ClFN2O2S. The Bertz CT molecular complexity index is 410. The van der Waals surface area contributed by atoms with Crippen molar-refractivity contribution in [3.8, 4) is 5.75 Å². The van der Waals surface area contributed by atoms with Crippen molar-refractivity contribution in [2.75, 3.05) is 25.2 Å². The van der Waals surface area contributed by atoms with Crippen molar-refractivity contribution in [1.29, 1.82) is 0 Å². The van der Waals surface area contributed by atoms with Crippen LogP contribution in [0.4, 0.5) is 4.39 Å². The van der Waals surface area contributed by atoms with Gasteiger partial charge in [0.1, 0.15) is 18.2 Å². The van der Waals surface area contributed by atoms with Crippen LogP contribution in [0.3, 0.4) is 0 Å². The Kier molecular flexibility index (Phi) is 10.2. The molecule has 20 heavy (non-hydrogen) atoms. The number of amides is 1. The van der Waals surface area contributed by atoms with Gasteiger partial charge in [-0.2, -0.15) is 11.8 Å². The molecule has 0 bridgehead atoms. The van der Waals surface area contributed by atoms with Crippen molar-refractivity contribution in [3.05, 3.63) is 30.1 Å². The Balaban J connectivity index is 0.00000361. The van der Waals surface area contributed by atoms with Gasteiger partial charge in [-0.1, -0.05) is 6.07 Å². The summed E-state index contributed by atoms with van der Waals surface area (Å²) in [5, 5.41) is 2.68. The number of benzene rings is 1. The van der Waals surface area contributed by atoms with Crippen molar-refractivity contribution in [1.82, 2.24) is 5.32 Å². The summed E-state index contributed by atoms with van der Waals surface area (Å²) < 4.78 is 18.2. The van der Waals surface area contributed by atoms with Gasteiger partial charge < -0.3 is 15.8 Å². The Morgan fingerprint density at radius 2 is 2.30 bits per heavy atom. The summed E-state index contributed by atoms with van der Waals surface area (Å²) in [5.41, 5.74) is 5.70. The van der Waals surface area contributed by atoms with Gasteiger partial charge in [-0.25, -0.2) is 4.39 Å². The van der Waals surface area contributed by atoms with Gasteiger partial charge in [0, 0.05) is 6.07 Å². The Morgan fingerprint density at radius 3 is 2.95 bits per heavy atom. The molecule has 0 heterocycles. The van der Waals surface area contributed by atoms with Crippen LogP contribution >= 0.6 is 24.2 Å². The molecule has 0 radical (unpaired) electrons. The first-order valence-electron chi connectivity index (χ1n) is 6.04. The van der Waals surface area contributed by atoms with Crippen LogP contribution in [-0.4, -0.2) is 37.1 Å². The summed E-state index contributed by atoms with van der Waals surface area (Å²) in [5.74, 6) is 0.771. The number of hydrogen-bond donors (Lipinski definition) is 2. The van der Waals surface area contributed by atoms with Crippen molar-refractivity contribution in [2.45, 2.75) is 12.5 Å². The van der Waals surface area contributed by atoms with Crippen LogP contribution in [0.5, 0.6) is 5.75 Å². The highest BCUT2D eigenvalue weighted by molar-refractivity contribution is 7.98. The summed E-state index contributed by atoms with van der Waals surface area (Å²) in [7, 11) is 0. The van der Waals surface area contributed by atoms with E-state index < -0.39 is 6.04 Å². The fraction of sp³-hybridized carbons (Fsp3) is 0.462. The van der Waals surface area contributed by atoms with Gasteiger partial charge in [0.15, 0.2) is 0 Å². The lowest BCUT2D eigenvalue weighted by molar-refractivity contribution is -0.122. The van der Waals surface area contributed by atoms with Gasteiger partial charge in [-0.15, -0.1) is 12.4 Å². The normalized spacial score (nSPS) is 11.3. The lowest BCUT2D eigenvalue weighted by Crippen LogP contribution is -2.42. The van der Waals surface area contributed by atoms with Crippen LogP contribution < -0.4 is 15.8 Å². The van der Waals surface area contributed by atoms with Crippen LogP contribution in [0.15, 0.2) is 24.3 Å². The summed E-state index contributed by atoms with van der Waals surface area (Å²) in [6.45, 7) is 0.632. The quantitative estimate of drug-likeness (QED) is 0.717. The van der Waals surface area contributed by atoms with Crippen molar-refractivity contribution in [3.63, 3.8) is 0 Å². The molecule has 114 valence electrons. The molecule has 0 aliphatic carbocycles. The minimum Gasteiger partial charge on any atom is -0.492 e. The molecule has 0 aromatic heterocycles. The molecule has 1 amide bonds. The number of nitrogens with one attached hydrogen (secondary N) is 1. The van der Waals surface area contributed by atoms with Crippen molar-refractivity contribution in [2.24, 2.45) is 5.73 Å². The second-order valence-electron chi connectivity index (χ2n) is 3.98. The third kappa shape index (κ3) is 7.57. The van der Waals surface area contributed by atoms with Crippen LogP contribution in [0.2, 0.25) is 0 Å². The monoisotopic (exact) mass is 322 g/mol. The maximum Gasteiger partial charge on any atom is 0.237 e. The summed E-state index contributed by atoms with van der Waals surface area (Å²) in [6, 6.07) is 5.39. The largest absolute Gasteiger partial charge is 0.492 e. The minimum atomic E-state index is -0.485. The number of nitrogens with two attached hydrogens (primary N) is 1. The first kappa shape index (κ1) is 19.0. The van der Waals surface area contributed by atoms with Crippen molar-refractivity contribution >= 4 is 30.1 Å². The molecule has 0 spiro atoms. The lowest BCUT2D eigenvalue weighted by atomic mass is 10.2. The Morgan fingerprint density at radius 1 is 1.55 bits per heavy atom. The molecule has 4 nitrogen and oxygen atoms in total. The minimum absolute atomic E-state index is 0. The number of thioether (sulfide) groups is 1. The molecule has 0 saturated carbocycles. The van der Waals surface area contributed by atoms with Crippen LogP contribution in [0, 0.1) is 5.82 Å². The van der Waals surface area contributed by atoms with E-state index in [0.717, 1.165) is 5.75 Å². The highest BCUT2D eigenvalue weighted by atomic mass is 35.5. The molecule has 0 fully saturated rings. The van der Waals surface area contributed by atoms with Gasteiger partial charge in [-0.3, -0.25) is 4.79 Å². The highest BCUT2D eigenvalue weighted by Crippen LogP contribution is 2.11. The Labute approximate surface area is 129 Å². The number of carbonyl (C=O) groups is 1. The van der Waals surface area contributed by atoms with E-state index in [4.69, 9.17) is 10.5 Å². The molecule has 1 aromatic rings. The maximum absolute atomic E-state index is 12.9. The van der Waals surface area contributed by atoms with Crippen LogP contribution in [0.25, 0.3) is 0 Å². The zero-order valence-corrected chi connectivity index (χ0v) is 12.9. The molecule has 3 N–H and O–H groups in total. The predicted molar refractivity (Wildman–Crippen MR) is 83.1 cm³/mol. The van der Waals surface area contributed by atoms with Gasteiger partial charge in [-0.05, 0) is 30.6 Å². The van der Waals surface area contributed by atoms with E-state index >= 15 is 0 Å². The van der Waals surface area contributed by atoms with E-state index in [1.165, 1.54) is 12.1 Å². The molecule has 1 atom stereocenters. The zero-order valence-electron chi connectivity index (χ0n) is 11.3. The average Bonchev–Trinajstić information content (AvgIpc) is 2.40. The number of hydrogen-bond acceptors (Lipinski definition) is 4. The fourth-order valence-corrected chi connectivity index (χ4v) is 1.90. The fourth-order valence-electron chi connectivity index (χ4n) is 1.41. The molecule has 0 saturated heterocycles. The first-order chi connectivity index (χ1) is 9.13.